The van der Waals surface area contributed by atoms with Crippen LogP contribution < -0.4 is 20.9 Å². The molecule has 0 radical (unpaired) electrons. The molecule has 1 unspecified atom stereocenters. The van der Waals surface area contributed by atoms with Crippen LogP contribution in [0.15, 0.2) is 41.3 Å². The molecule has 2 amide bonds. The molecular formula is C23H27ClF3N7O3. The van der Waals surface area contributed by atoms with Gasteiger partial charge in [-0.05, 0) is 18.6 Å². The molecular weight excluding hydrogens is 515 g/mol. The van der Waals surface area contributed by atoms with Crippen LogP contribution in [0.25, 0.3) is 5.57 Å². The highest BCUT2D eigenvalue weighted by molar-refractivity contribution is 6.31. The van der Waals surface area contributed by atoms with E-state index < -0.39 is 30.8 Å². The summed E-state index contributed by atoms with van der Waals surface area (Å²) in [6, 6.07) is 0.456. The fraction of sp³-hybridized carbons (Fsp3) is 0.478. The molecule has 0 saturated carbocycles. The first-order chi connectivity index (χ1) is 17.7. The van der Waals surface area contributed by atoms with Crippen molar-refractivity contribution in [1.29, 1.82) is 0 Å². The molecule has 1 saturated heterocycles. The Bertz CT molecular complexity index is 1130. The first kappa shape index (κ1) is 26.6. The second kappa shape index (κ2) is 11.3. The standard InChI is InChI=1S/C23H27ClF3N7O3/c1-2-3-8-37-22(36)33-6-7-34(17(12-33)21(35)31-13-23(25,26)27)18-4-5-28-20(32-18)16-11-30-19-15(16)9-14(24)10-29-19/h4-5,9-11,17,19,29-30H,2-3,6-8,12-13H2,1H3,(H,31,35)/t17-,19?/m1/s1. The van der Waals surface area contributed by atoms with Gasteiger partial charge in [0.1, 0.15) is 24.6 Å². The Labute approximate surface area is 216 Å². The number of halogens is 4. The van der Waals surface area contributed by atoms with E-state index in [-0.39, 0.29) is 32.4 Å². The van der Waals surface area contributed by atoms with Crippen LogP contribution in [-0.4, -0.2) is 78.0 Å². The zero-order valence-corrected chi connectivity index (χ0v) is 20.8. The summed E-state index contributed by atoms with van der Waals surface area (Å²) in [4.78, 5) is 37.2. The summed E-state index contributed by atoms with van der Waals surface area (Å²) < 4.78 is 43.6. The molecule has 2 atom stereocenters. The molecule has 0 aliphatic carbocycles. The lowest BCUT2D eigenvalue weighted by molar-refractivity contribution is -0.139. The third-order valence-corrected chi connectivity index (χ3v) is 6.22. The lowest BCUT2D eigenvalue weighted by Gasteiger charge is -2.40. The topological polar surface area (TPSA) is 112 Å². The van der Waals surface area contributed by atoms with Crippen molar-refractivity contribution in [3.05, 3.63) is 47.2 Å². The van der Waals surface area contributed by atoms with Gasteiger partial charge in [-0.1, -0.05) is 24.9 Å². The third-order valence-electron chi connectivity index (χ3n) is 6.00. The molecule has 3 aliphatic rings. The first-order valence-electron chi connectivity index (χ1n) is 11.8. The van der Waals surface area contributed by atoms with Crippen LogP contribution >= 0.6 is 11.6 Å². The number of amides is 2. The number of carbonyl (C=O) groups is 2. The number of hydrogen-bond donors (Lipinski definition) is 3. The van der Waals surface area contributed by atoms with E-state index in [0.717, 1.165) is 12.0 Å². The number of hydrogen-bond acceptors (Lipinski definition) is 8. The summed E-state index contributed by atoms with van der Waals surface area (Å²) in [7, 11) is 0. The molecule has 0 aromatic carbocycles. The predicted molar refractivity (Wildman–Crippen MR) is 130 cm³/mol. The molecule has 1 aromatic rings. The fourth-order valence-electron chi connectivity index (χ4n) is 4.13. The maximum absolute atomic E-state index is 12.9. The predicted octanol–water partition coefficient (Wildman–Crippen LogP) is 2.46. The highest BCUT2D eigenvalue weighted by Crippen LogP contribution is 2.31. The maximum atomic E-state index is 12.9. The van der Waals surface area contributed by atoms with Crippen LogP contribution in [0.4, 0.5) is 23.8 Å². The lowest BCUT2D eigenvalue weighted by Crippen LogP contribution is -2.61. The molecule has 4 heterocycles. The molecule has 4 rings (SSSR count). The minimum absolute atomic E-state index is 0.155. The van der Waals surface area contributed by atoms with Gasteiger partial charge in [-0.3, -0.25) is 4.79 Å². The summed E-state index contributed by atoms with van der Waals surface area (Å²) in [6.07, 6.45) is 2.82. The van der Waals surface area contributed by atoms with Crippen molar-refractivity contribution in [2.45, 2.75) is 38.1 Å². The van der Waals surface area contributed by atoms with E-state index >= 15 is 0 Å². The molecule has 14 heteroatoms. The molecule has 1 aromatic heterocycles. The molecule has 0 spiro atoms. The number of rotatable bonds is 7. The maximum Gasteiger partial charge on any atom is 0.409 e. The van der Waals surface area contributed by atoms with Gasteiger partial charge >= 0.3 is 12.3 Å². The summed E-state index contributed by atoms with van der Waals surface area (Å²) in [5, 5.41) is 8.69. The van der Waals surface area contributed by atoms with Gasteiger partial charge in [0.15, 0.2) is 5.82 Å². The van der Waals surface area contributed by atoms with Gasteiger partial charge in [0.2, 0.25) is 5.91 Å². The average Bonchev–Trinajstić information content (AvgIpc) is 3.29. The van der Waals surface area contributed by atoms with E-state index in [9.17, 15) is 22.8 Å². The zero-order valence-electron chi connectivity index (χ0n) is 20.0. The molecule has 1 fully saturated rings. The molecule has 200 valence electrons. The fourth-order valence-corrected chi connectivity index (χ4v) is 4.31. The number of piperazine rings is 1. The quantitative estimate of drug-likeness (QED) is 0.452. The van der Waals surface area contributed by atoms with Crippen molar-refractivity contribution in [2.75, 3.05) is 37.7 Å². The summed E-state index contributed by atoms with van der Waals surface area (Å²) in [5.74, 6) is -0.184. The number of carbonyl (C=O) groups excluding carboxylic acids is 2. The summed E-state index contributed by atoms with van der Waals surface area (Å²) >= 11 is 6.14. The summed E-state index contributed by atoms with van der Waals surface area (Å²) in [6.45, 7) is 0.895. The van der Waals surface area contributed by atoms with Crippen LogP contribution in [0.3, 0.4) is 0 Å². The normalized spacial score (nSPS) is 21.2. The Hall–Kier alpha value is -3.48. The van der Waals surface area contributed by atoms with Crippen LogP contribution in [0, 0.1) is 0 Å². The Morgan fingerprint density at radius 3 is 2.81 bits per heavy atom. The lowest BCUT2D eigenvalue weighted by atomic mass is 10.0. The van der Waals surface area contributed by atoms with E-state index in [2.05, 4.69) is 20.6 Å². The minimum Gasteiger partial charge on any atom is -0.449 e. The number of anilines is 1. The second-order valence-electron chi connectivity index (χ2n) is 8.65. The van der Waals surface area contributed by atoms with E-state index in [0.29, 0.717) is 28.7 Å². The van der Waals surface area contributed by atoms with Crippen molar-refractivity contribution in [3.63, 3.8) is 0 Å². The first-order valence-corrected chi connectivity index (χ1v) is 12.2. The average molecular weight is 542 g/mol. The molecule has 0 bridgehead atoms. The highest BCUT2D eigenvalue weighted by atomic mass is 35.5. The van der Waals surface area contributed by atoms with Gasteiger partial charge in [-0.25, -0.2) is 14.8 Å². The van der Waals surface area contributed by atoms with Crippen molar-refractivity contribution >= 4 is 35.0 Å². The van der Waals surface area contributed by atoms with Crippen LogP contribution in [0.5, 0.6) is 0 Å². The minimum atomic E-state index is -4.58. The molecule has 3 aliphatic heterocycles. The van der Waals surface area contributed by atoms with Gasteiger partial charge in [0, 0.05) is 42.8 Å². The Morgan fingerprint density at radius 2 is 2.05 bits per heavy atom. The van der Waals surface area contributed by atoms with E-state index in [1.165, 1.54) is 11.1 Å². The van der Waals surface area contributed by atoms with Gasteiger partial charge in [-0.15, -0.1) is 0 Å². The van der Waals surface area contributed by atoms with Crippen molar-refractivity contribution in [3.8, 4) is 0 Å². The second-order valence-corrected chi connectivity index (χ2v) is 9.08. The van der Waals surface area contributed by atoms with Crippen LogP contribution in [0.2, 0.25) is 0 Å². The Morgan fingerprint density at radius 1 is 1.27 bits per heavy atom. The molecule has 3 N–H and O–H groups in total. The van der Waals surface area contributed by atoms with Gasteiger partial charge in [-0.2, -0.15) is 13.2 Å². The number of fused-ring (bicyclic) bond motifs is 1. The number of alkyl halides is 3. The van der Waals surface area contributed by atoms with Crippen LogP contribution in [0.1, 0.15) is 25.6 Å². The number of dihydropyridines is 1. The SMILES string of the molecule is CCCCOC(=O)N1CCN(c2ccnc(C3=CNC4NC=C(Cl)C=C34)n2)[C@@H](C(=O)NCC(F)(F)F)C1. The Kier molecular flexibility index (Phi) is 8.10. The van der Waals surface area contributed by atoms with Crippen molar-refractivity contribution < 1.29 is 27.5 Å². The number of allylic oxidation sites excluding steroid dienone is 2. The highest BCUT2D eigenvalue weighted by Gasteiger charge is 2.38. The van der Waals surface area contributed by atoms with Crippen molar-refractivity contribution in [2.24, 2.45) is 0 Å². The van der Waals surface area contributed by atoms with Crippen LogP contribution in [-0.2, 0) is 9.53 Å². The Balaban J connectivity index is 1.56. The smallest absolute Gasteiger partial charge is 0.409 e. The zero-order chi connectivity index (χ0) is 26.6. The summed E-state index contributed by atoms with van der Waals surface area (Å²) in [5.41, 5.74) is 1.51. The van der Waals surface area contributed by atoms with E-state index in [1.807, 2.05) is 12.2 Å². The number of aromatic nitrogens is 2. The number of nitrogens with zero attached hydrogens (tertiary/aromatic N) is 4. The number of nitrogens with one attached hydrogen (secondary N) is 3. The number of unbranched alkanes of at least 4 members (excludes halogenated alkanes) is 1. The van der Waals surface area contributed by atoms with Gasteiger partial charge in [0.05, 0.1) is 18.2 Å². The largest absolute Gasteiger partial charge is 0.449 e. The van der Waals surface area contributed by atoms with E-state index in [1.54, 1.807) is 29.4 Å². The molecule has 10 nitrogen and oxygen atoms in total. The van der Waals surface area contributed by atoms with Gasteiger partial charge in [0.25, 0.3) is 0 Å². The number of ether oxygens (including phenoxy) is 1. The van der Waals surface area contributed by atoms with E-state index in [4.69, 9.17) is 16.3 Å². The van der Waals surface area contributed by atoms with Crippen molar-refractivity contribution in [1.82, 2.24) is 30.8 Å². The third kappa shape index (κ3) is 6.45. The monoisotopic (exact) mass is 541 g/mol. The molecule has 37 heavy (non-hydrogen) atoms. The van der Waals surface area contributed by atoms with Gasteiger partial charge < -0.3 is 30.5 Å².